The number of aliphatic hydroxyl groups is 1. The summed E-state index contributed by atoms with van der Waals surface area (Å²) in [6.45, 7) is 0. The fourth-order valence-electron chi connectivity index (χ4n) is 1.54. The van der Waals surface area contributed by atoms with Gasteiger partial charge in [-0.05, 0) is 6.07 Å². The Morgan fingerprint density at radius 1 is 1.43 bits per heavy atom. The van der Waals surface area contributed by atoms with Gasteiger partial charge in [0.15, 0.2) is 6.29 Å². The van der Waals surface area contributed by atoms with E-state index >= 15 is 0 Å². The van der Waals surface area contributed by atoms with E-state index in [1.54, 1.807) is 6.07 Å². The Morgan fingerprint density at radius 2 is 2.14 bits per heavy atom. The molecule has 4 nitrogen and oxygen atoms in total. The van der Waals surface area contributed by atoms with Crippen LogP contribution in [0.4, 0.5) is 0 Å². The van der Waals surface area contributed by atoms with Crippen molar-refractivity contribution in [3.8, 4) is 0 Å². The van der Waals surface area contributed by atoms with E-state index in [-0.39, 0.29) is 0 Å². The zero-order valence-electron chi connectivity index (χ0n) is 7.40. The lowest BCUT2D eigenvalue weighted by atomic mass is 10.1. The Hall–Kier alpha value is -1.65. The normalized spacial score (nSPS) is 13.0. The van der Waals surface area contributed by atoms with E-state index in [2.05, 4.69) is 4.98 Å². The summed E-state index contributed by atoms with van der Waals surface area (Å²) >= 11 is 0. The molecule has 0 fully saturated rings. The predicted molar refractivity (Wildman–Crippen MR) is 52.8 cm³/mol. The summed E-state index contributed by atoms with van der Waals surface area (Å²) < 4.78 is 0. The van der Waals surface area contributed by atoms with Gasteiger partial charge in [0.1, 0.15) is 6.23 Å². The average molecular weight is 190 g/mol. The van der Waals surface area contributed by atoms with Crippen molar-refractivity contribution in [2.45, 2.75) is 6.23 Å². The van der Waals surface area contributed by atoms with Gasteiger partial charge in [-0.25, -0.2) is 0 Å². The van der Waals surface area contributed by atoms with Gasteiger partial charge in [0.05, 0.1) is 5.69 Å². The molecule has 0 radical (unpaired) electrons. The maximum atomic E-state index is 10.8. The van der Waals surface area contributed by atoms with E-state index < -0.39 is 6.23 Å². The fraction of sp³-hybridized carbons (Fsp3) is 0.100. The molecular weight excluding hydrogens is 180 g/mol. The molecule has 0 amide bonds. The van der Waals surface area contributed by atoms with Crippen LogP contribution in [-0.2, 0) is 0 Å². The molecule has 1 aromatic heterocycles. The number of para-hydroxylation sites is 1. The molecule has 0 saturated carbocycles. The number of rotatable bonds is 2. The highest BCUT2D eigenvalue weighted by atomic mass is 16.3. The first kappa shape index (κ1) is 8.93. The standard InChI is InChI=1S/C10H10N2O2/c11-10(14)9-7(5-13)6-3-1-2-4-8(6)12-9/h1-5,10,12,14H,11H2. The monoisotopic (exact) mass is 190 g/mol. The van der Waals surface area contributed by atoms with Crippen LogP contribution >= 0.6 is 0 Å². The van der Waals surface area contributed by atoms with Gasteiger partial charge in [-0.3, -0.25) is 4.79 Å². The minimum atomic E-state index is -1.15. The molecule has 1 heterocycles. The first-order chi connectivity index (χ1) is 6.74. The number of aliphatic hydroxyl groups excluding tert-OH is 1. The molecule has 0 aliphatic heterocycles. The summed E-state index contributed by atoms with van der Waals surface area (Å²) in [7, 11) is 0. The lowest BCUT2D eigenvalue weighted by molar-refractivity contribution is 0.111. The molecule has 2 rings (SSSR count). The van der Waals surface area contributed by atoms with Crippen molar-refractivity contribution < 1.29 is 9.90 Å². The van der Waals surface area contributed by atoms with Gasteiger partial charge in [0.2, 0.25) is 0 Å². The SMILES string of the molecule is NC(O)c1[nH]c2ccccc2c1C=O. The number of nitrogens with one attached hydrogen (secondary N) is 1. The number of aromatic amines is 1. The molecule has 1 atom stereocenters. The zero-order chi connectivity index (χ0) is 10.1. The third-order valence-electron chi connectivity index (χ3n) is 2.19. The number of benzene rings is 1. The molecule has 1 unspecified atom stereocenters. The number of carbonyl (C=O) groups excluding carboxylic acids is 1. The Bertz CT molecular complexity index is 474. The van der Waals surface area contributed by atoms with Crippen LogP contribution in [0.25, 0.3) is 10.9 Å². The van der Waals surface area contributed by atoms with Crippen molar-refractivity contribution in [1.82, 2.24) is 4.98 Å². The summed E-state index contributed by atoms with van der Waals surface area (Å²) in [5.41, 5.74) is 6.91. The zero-order valence-corrected chi connectivity index (χ0v) is 7.40. The summed E-state index contributed by atoms with van der Waals surface area (Å²) in [4.78, 5) is 13.7. The largest absolute Gasteiger partial charge is 0.373 e. The van der Waals surface area contributed by atoms with Crippen molar-refractivity contribution in [1.29, 1.82) is 0 Å². The van der Waals surface area contributed by atoms with E-state index in [0.29, 0.717) is 17.5 Å². The maximum absolute atomic E-state index is 10.8. The molecular formula is C10H10N2O2. The Balaban J connectivity index is 2.78. The predicted octanol–water partition coefficient (Wildman–Crippen LogP) is 0.930. The molecule has 0 aliphatic carbocycles. The molecule has 0 saturated heterocycles. The molecule has 0 spiro atoms. The molecule has 2 aromatic rings. The van der Waals surface area contributed by atoms with E-state index in [9.17, 15) is 9.90 Å². The molecule has 4 N–H and O–H groups in total. The highest BCUT2D eigenvalue weighted by molar-refractivity contribution is 5.98. The summed E-state index contributed by atoms with van der Waals surface area (Å²) in [5, 5.41) is 10.0. The van der Waals surface area contributed by atoms with Gasteiger partial charge in [-0.1, -0.05) is 18.2 Å². The number of H-pyrrole nitrogens is 1. The van der Waals surface area contributed by atoms with Gasteiger partial charge in [-0.15, -0.1) is 0 Å². The second-order valence-electron chi connectivity index (χ2n) is 3.06. The van der Waals surface area contributed by atoms with Gasteiger partial charge < -0.3 is 15.8 Å². The van der Waals surface area contributed by atoms with Crippen molar-refractivity contribution in [2.75, 3.05) is 0 Å². The number of hydrogen-bond acceptors (Lipinski definition) is 3. The number of nitrogens with two attached hydrogens (primary N) is 1. The van der Waals surface area contributed by atoms with Crippen LogP contribution in [-0.4, -0.2) is 16.4 Å². The third-order valence-corrected chi connectivity index (χ3v) is 2.19. The van der Waals surface area contributed by atoms with Crippen LogP contribution in [0, 0.1) is 0 Å². The fourth-order valence-corrected chi connectivity index (χ4v) is 1.54. The van der Waals surface area contributed by atoms with E-state index in [1.165, 1.54) is 0 Å². The van der Waals surface area contributed by atoms with E-state index in [0.717, 1.165) is 10.9 Å². The molecule has 1 aromatic carbocycles. The maximum Gasteiger partial charge on any atom is 0.152 e. The van der Waals surface area contributed by atoms with Crippen LogP contribution in [0.2, 0.25) is 0 Å². The number of aldehydes is 1. The number of aromatic nitrogens is 1. The minimum Gasteiger partial charge on any atom is -0.373 e. The first-order valence-corrected chi connectivity index (χ1v) is 4.23. The Morgan fingerprint density at radius 3 is 2.79 bits per heavy atom. The third kappa shape index (κ3) is 1.21. The van der Waals surface area contributed by atoms with Crippen molar-refractivity contribution in [3.63, 3.8) is 0 Å². The smallest absolute Gasteiger partial charge is 0.152 e. The topological polar surface area (TPSA) is 79.1 Å². The van der Waals surface area contributed by atoms with Crippen LogP contribution in [0.3, 0.4) is 0 Å². The van der Waals surface area contributed by atoms with Gasteiger partial charge in [-0.2, -0.15) is 0 Å². The Labute approximate surface area is 80.3 Å². The van der Waals surface area contributed by atoms with Crippen LogP contribution < -0.4 is 5.73 Å². The van der Waals surface area contributed by atoms with Gasteiger partial charge in [0, 0.05) is 16.5 Å². The van der Waals surface area contributed by atoms with Crippen LogP contribution in [0.15, 0.2) is 24.3 Å². The van der Waals surface area contributed by atoms with Crippen molar-refractivity contribution in [3.05, 3.63) is 35.5 Å². The second kappa shape index (κ2) is 3.25. The lowest BCUT2D eigenvalue weighted by Gasteiger charge is -2.00. The van der Waals surface area contributed by atoms with Gasteiger partial charge in [0.25, 0.3) is 0 Å². The van der Waals surface area contributed by atoms with E-state index in [4.69, 9.17) is 5.73 Å². The first-order valence-electron chi connectivity index (χ1n) is 4.23. The Kier molecular flexibility index (Phi) is 2.07. The highest BCUT2D eigenvalue weighted by Crippen LogP contribution is 2.23. The van der Waals surface area contributed by atoms with E-state index in [1.807, 2.05) is 18.2 Å². The lowest BCUT2D eigenvalue weighted by Crippen LogP contribution is -2.10. The second-order valence-corrected chi connectivity index (χ2v) is 3.06. The number of carbonyl (C=O) groups is 1. The quantitative estimate of drug-likeness (QED) is 0.487. The molecule has 0 bridgehead atoms. The highest BCUT2D eigenvalue weighted by Gasteiger charge is 2.13. The van der Waals surface area contributed by atoms with Crippen LogP contribution in [0.1, 0.15) is 22.3 Å². The number of fused-ring (bicyclic) bond motifs is 1. The number of hydrogen-bond donors (Lipinski definition) is 3. The van der Waals surface area contributed by atoms with Crippen molar-refractivity contribution >= 4 is 17.2 Å². The summed E-state index contributed by atoms with van der Waals surface area (Å²) in [5.74, 6) is 0. The van der Waals surface area contributed by atoms with Crippen molar-refractivity contribution in [2.24, 2.45) is 5.73 Å². The van der Waals surface area contributed by atoms with Gasteiger partial charge >= 0.3 is 0 Å². The van der Waals surface area contributed by atoms with Crippen LogP contribution in [0.5, 0.6) is 0 Å². The molecule has 14 heavy (non-hydrogen) atoms. The summed E-state index contributed by atoms with van der Waals surface area (Å²) in [6, 6.07) is 7.31. The molecule has 72 valence electrons. The molecule has 0 aliphatic rings. The summed E-state index contributed by atoms with van der Waals surface area (Å²) in [6.07, 6.45) is -0.452. The average Bonchev–Trinajstić information content (AvgIpc) is 2.56. The minimum absolute atomic E-state index is 0.362. The molecule has 4 heteroatoms.